The highest BCUT2D eigenvalue weighted by molar-refractivity contribution is 6.00. The van der Waals surface area contributed by atoms with Gasteiger partial charge in [0.2, 0.25) is 0 Å². The Balaban J connectivity index is 1.62. The van der Waals surface area contributed by atoms with Gasteiger partial charge in [0.25, 0.3) is 5.91 Å². The molecule has 0 unspecified atom stereocenters. The smallest absolute Gasteiger partial charge is 0.254 e. The van der Waals surface area contributed by atoms with Gasteiger partial charge in [0.05, 0.1) is 5.56 Å². The summed E-state index contributed by atoms with van der Waals surface area (Å²) < 4.78 is 0. The Kier molecular flexibility index (Phi) is 3.29. The number of likely N-dealkylation sites (tertiary alicyclic amines) is 1. The molecule has 2 atom stereocenters. The maximum atomic E-state index is 13.0. The lowest BCUT2D eigenvalue weighted by Crippen LogP contribution is -2.29. The number of hydrogen-bond donors (Lipinski definition) is 1. The van der Waals surface area contributed by atoms with Crippen molar-refractivity contribution in [3.05, 3.63) is 54.4 Å². The highest BCUT2D eigenvalue weighted by atomic mass is 16.2. The second-order valence-corrected chi connectivity index (χ2v) is 6.16. The van der Waals surface area contributed by atoms with Crippen molar-refractivity contribution in [1.29, 1.82) is 0 Å². The normalized spacial score (nSPS) is 23.5. The minimum atomic E-state index is 0.126. The van der Waals surface area contributed by atoms with Gasteiger partial charge in [0, 0.05) is 31.0 Å². The number of aromatic nitrogens is 2. The molecule has 0 bridgehead atoms. The van der Waals surface area contributed by atoms with Crippen molar-refractivity contribution in [3.8, 4) is 11.4 Å². The number of H-pyrrole nitrogens is 1. The van der Waals surface area contributed by atoms with Crippen LogP contribution in [0.4, 0.5) is 0 Å². The summed E-state index contributed by atoms with van der Waals surface area (Å²) in [6.07, 6.45) is 10.2. The van der Waals surface area contributed by atoms with Crippen LogP contribution in [0, 0.1) is 11.8 Å². The average Bonchev–Trinajstić information content (AvgIpc) is 3.23. The molecule has 0 spiro atoms. The number of hydrogen-bond acceptors (Lipinski definition) is 2. The Morgan fingerprint density at radius 3 is 2.55 bits per heavy atom. The lowest BCUT2D eigenvalue weighted by atomic mass is 9.86. The number of allylic oxidation sites excluding steroid dienone is 2. The fourth-order valence-corrected chi connectivity index (χ4v) is 3.64. The van der Waals surface area contributed by atoms with E-state index < -0.39 is 0 Å². The van der Waals surface area contributed by atoms with E-state index in [9.17, 15) is 4.79 Å². The van der Waals surface area contributed by atoms with Gasteiger partial charge in [-0.2, -0.15) is 0 Å². The van der Waals surface area contributed by atoms with E-state index in [-0.39, 0.29) is 5.91 Å². The van der Waals surface area contributed by atoms with E-state index in [1.807, 2.05) is 29.2 Å². The van der Waals surface area contributed by atoms with Gasteiger partial charge < -0.3 is 9.88 Å². The summed E-state index contributed by atoms with van der Waals surface area (Å²) in [5.41, 5.74) is 1.62. The van der Waals surface area contributed by atoms with E-state index in [0.717, 1.165) is 42.9 Å². The van der Waals surface area contributed by atoms with Crippen molar-refractivity contribution in [3.63, 3.8) is 0 Å². The van der Waals surface area contributed by atoms with Gasteiger partial charge in [0.1, 0.15) is 5.82 Å². The van der Waals surface area contributed by atoms with Crippen LogP contribution in [0.1, 0.15) is 23.2 Å². The number of nitrogens with zero attached hydrogens (tertiary/aromatic N) is 2. The number of aromatic amines is 1. The third-order valence-corrected chi connectivity index (χ3v) is 4.82. The minimum absolute atomic E-state index is 0.126. The number of carbonyl (C=O) groups excluding carboxylic acids is 1. The molecule has 22 heavy (non-hydrogen) atoms. The van der Waals surface area contributed by atoms with Crippen molar-refractivity contribution >= 4 is 5.91 Å². The molecule has 1 N–H and O–H groups in total. The van der Waals surface area contributed by atoms with Crippen molar-refractivity contribution in [2.24, 2.45) is 11.8 Å². The molecular formula is C18H19N3O. The Morgan fingerprint density at radius 2 is 1.86 bits per heavy atom. The van der Waals surface area contributed by atoms with Gasteiger partial charge in [-0.25, -0.2) is 4.98 Å². The van der Waals surface area contributed by atoms with E-state index in [2.05, 4.69) is 22.1 Å². The van der Waals surface area contributed by atoms with E-state index in [1.54, 1.807) is 12.4 Å². The van der Waals surface area contributed by atoms with Gasteiger partial charge in [-0.1, -0.05) is 30.4 Å². The predicted octanol–water partition coefficient (Wildman–Crippen LogP) is 3.11. The Morgan fingerprint density at radius 1 is 1.14 bits per heavy atom. The number of imidazole rings is 1. The number of carbonyl (C=O) groups is 1. The highest BCUT2D eigenvalue weighted by Gasteiger charge is 2.35. The SMILES string of the molecule is O=C(c1ccccc1-c1ncc[nH]1)N1C[C@H]2CC=CC[C@H]2C1. The Bertz CT molecular complexity index is 689. The first-order chi connectivity index (χ1) is 10.8. The summed E-state index contributed by atoms with van der Waals surface area (Å²) in [6.45, 7) is 1.75. The summed E-state index contributed by atoms with van der Waals surface area (Å²) in [4.78, 5) is 22.4. The number of rotatable bonds is 2. The zero-order valence-corrected chi connectivity index (χ0v) is 12.4. The van der Waals surface area contributed by atoms with Crippen LogP contribution >= 0.6 is 0 Å². The van der Waals surface area contributed by atoms with Gasteiger partial charge in [-0.3, -0.25) is 4.79 Å². The molecule has 1 saturated heterocycles. The lowest BCUT2D eigenvalue weighted by molar-refractivity contribution is 0.0785. The molecular weight excluding hydrogens is 274 g/mol. The van der Waals surface area contributed by atoms with Crippen LogP contribution in [0.3, 0.4) is 0 Å². The molecule has 2 aromatic rings. The van der Waals surface area contributed by atoms with Crippen LogP contribution in [0.2, 0.25) is 0 Å². The zero-order chi connectivity index (χ0) is 14.9. The molecule has 0 radical (unpaired) electrons. The summed E-state index contributed by atoms with van der Waals surface area (Å²) in [5, 5.41) is 0. The van der Waals surface area contributed by atoms with Crippen molar-refractivity contribution in [1.82, 2.24) is 14.9 Å². The molecule has 0 saturated carbocycles. The largest absolute Gasteiger partial charge is 0.345 e. The summed E-state index contributed by atoms with van der Waals surface area (Å²) in [6, 6.07) is 7.73. The number of benzene rings is 1. The van der Waals surface area contributed by atoms with Gasteiger partial charge in [-0.05, 0) is 30.7 Å². The molecule has 4 nitrogen and oxygen atoms in total. The van der Waals surface area contributed by atoms with Gasteiger partial charge in [-0.15, -0.1) is 0 Å². The summed E-state index contributed by atoms with van der Waals surface area (Å²) >= 11 is 0. The van der Waals surface area contributed by atoms with Crippen LogP contribution < -0.4 is 0 Å². The fourth-order valence-electron chi connectivity index (χ4n) is 3.64. The van der Waals surface area contributed by atoms with E-state index in [4.69, 9.17) is 0 Å². The molecule has 2 heterocycles. The topological polar surface area (TPSA) is 49.0 Å². The molecule has 2 aliphatic rings. The summed E-state index contributed by atoms with van der Waals surface area (Å²) in [5.74, 6) is 2.14. The molecule has 4 heteroatoms. The molecule has 1 aromatic carbocycles. The molecule has 112 valence electrons. The van der Waals surface area contributed by atoms with Crippen LogP contribution in [0.15, 0.2) is 48.8 Å². The quantitative estimate of drug-likeness (QED) is 0.865. The molecule has 1 aromatic heterocycles. The third-order valence-electron chi connectivity index (χ3n) is 4.82. The molecule has 1 fully saturated rings. The van der Waals surface area contributed by atoms with Crippen LogP contribution in [-0.4, -0.2) is 33.9 Å². The number of fused-ring (bicyclic) bond motifs is 1. The molecule has 1 aliphatic carbocycles. The fraction of sp³-hybridized carbons (Fsp3) is 0.333. The van der Waals surface area contributed by atoms with Crippen LogP contribution in [0.25, 0.3) is 11.4 Å². The van der Waals surface area contributed by atoms with E-state index in [0.29, 0.717) is 11.8 Å². The zero-order valence-electron chi connectivity index (χ0n) is 12.4. The van der Waals surface area contributed by atoms with E-state index >= 15 is 0 Å². The van der Waals surface area contributed by atoms with Crippen LogP contribution in [-0.2, 0) is 0 Å². The average molecular weight is 293 g/mol. The molecule has 1 aliphatic heterocycles. The first kappa shape index (κ1) is 13.3. The minimum Gasteiger partial charge on any atom is -0.345 e. The number of nitrogens with one attached hydrogen (secondary N) is 1. The van der Waals surface area contributed by atoms with Gasteiger partial charge in [0.15, 0.2) is 0 Å². The maximum absolute atomic E-state index is 13.0. The standard InChI is InChI=1S/C18H19N3O/c22-18(21-11-13-5-1-2-6-14(13)12-21)16-8-4-3-7-15(16)17-19-9-10-20-17/h1-4,7-10,13-14H,5-6,11-12H2,(H,19,20)/t13-,14+. The first-order valence-corrected chi connectivity index (χ1v) is 7.86. The van der Waals surface area contributed by atoms with Crippen molar-refractivity contribution in [2.75, 3.05) is 13.1 Å². The maximum Gasteiger partial charge on any atom is 0.254 e. The second kappa shape index (κ2) is 5.44. The highest BCUT2D eigenvalue weighted by Crippen LogP contribution is 2.34. The van der Waals surface area contributed by atoms with Crippen molar-refractivity contribution in [2.45, 2.75) is 12.8 Å². The molecule has 1 amide bonds. The monoisotopic (exact) mass is 293 g/mol. The van der Waals surface area contributed by atoms with E-state index in [1.165, 1.54) is 0 Å². The first-order valence-electron chi connectivity index (χ1n) is 7.86. The van der Waals surface area contributed by atoms with Crippen LogP contribution in [0.5, 0.6) is 0 Å². The lowest BCUT2D eigenvalue weighted by Gasteiger charge is -2.18. The molecule has 4 rings (SSSR count). The Hall–Kier alpha value is -2.36. The van der Waals surface area contributed by atoms with Crippen molar-refractivity contribution < 1.29 is 4.79 Å². The second-order valence-electron chi connectivity index (χ2n) is 6.16. The predicted molar refractivity (Wildman–Crippen MR) is 85.3 cm³/mol. The third kappa shape index (κ3) is 2.25. The van der Waals surface area contributed by atoms with Gasteiger partial charge >= 0.3 is 0 Å². The number of amides is 1. The Labute approximate surface area is 129 Å². The summed E-state index contributed by atoms with van der Waals surface area (Å²) in [7, 11) is 0.